The average Bonchev–Trinajstić information content (AvgIpc) is 3.21. The number of carbonyl (C=O) groups is 1. The number of carbonyl (C=O) groups excluding carboxylic acids is 1. The summed E-state index contributed by atoms with van der Waals surface area (Å²) < 4.78 is 28.2. The standard InChI is InChI=1S/C20H17F2N3O/c1-12-5-8-14(9-6-12)25-18-4-2-3-15(18)19(24-25)20(26)23-13-7-10-16(21)17(22)11-13/h5-11H,2-4H2,1H3,(H,23,26). The molecule has 3 aromatic rings. The van der Waals surface area contributed by atoms with Crippen LogP contribution >= 0.6 is 0 Å². The van der Waals surface area contributed by atoms with Gasteiger partial charge in [-0.05, 0) is 50.5 Å². The minimum absolute atomic E-state index is 0.200. The Labute approximate surface area is 149 Å². The van der Waals surface area contributed by atoms with E-state index >= 15 is 0 Å². The highest BCUT2D eigenvalue weighted by atomic mass is 19.2. The van der Waals surface area contributed by atoms with E-state index in [0.29, 0.717) is 5.69 Å². The van der Waals surface area contributed by atoms with Crippen LogP contribution in [0.2, 0.25) is 0 Å². The number of nitrogens with one attached hydrogen (secondary N) is 1. The lowest BCUT2D eigenvalue weighted by Crippen LogP contribution is -2.15. The molecule has 0 radical (unpaired) electrons. The lowest BCUT2D eigenvalue weighted by Gasteiger charge is -2.06. The van der Waals surface area contributed by atoms with Crippen LogP contribution in [-0.2, 0) is 12.8 Å². The normalized spacial score (nSPS) is 12.9. The quantitative estimate of drug-likeness (QED) is 0.767. The first-order valence-corrected chi connectivity index (χ1v) is 8.47. The first-order valence-electron chi connectivity index (χ1n) is 8.47. The molecule has 1 amide bonds. The number of benzene rings is 2. The van der Waals surface area contributed by atoms with Gasteiger partial charge in [0.2, 0.25) is 0 Å². The molecule has 0 spiro atoms. The highest BCUT2D eigenvalue weighted by Crippen LogP contribution is 2.28. The van der Waals surface area contributed by atoms with Crippen molar-refractivity contribution in [2.75, 3.05) is 5.32 Å². The number of aryl methyl sites for hydroxylation is 1. The minimum atomic E-state index is -1.00. The molecule has 0 unspecified atom stereocenters. The van der Waals surface area contributed by atoms with E-state index in [4.69, 9.17) is 0 Å². The van der Waals surface area contributed by atoms with Gasteiger partial charge in [-0.15, -0.1) is 0 Å². The molecule has 1 heterocycles. The first-order chi connectivity index (χ1) is 12.5. The van der Waals surface area contributed by atoms with E-state index in [1.807, 2.05) is 35.9 Å². The van der Waals surface area contributed by atoms with Crippen molar-refractivity contribution in [1.29, 1.82) is 0 Å². The van der Waals surface area contributed by atoms with Crippen LogP contribution in [0.5, 0.6) is 0 Å². The van der Waals surface area contributed by atoms with E-state index in [2.05, 4.69) is 10.4 Å². The summed E-state index contributed by atoms with van der Waals surface area (Å²) >= 11 is 0. The van der Waals surface area contributed by atoms with Crippen molar-refractivity contribution in [3.8, 4) is 5.69 Å². The van der Waals surface area contributed by atoms with Gasteiger partial charge in [-0.3, -0.25) is 4.79 Å². The maximum Gasteiger partial charge on any atom is 0.276 e. The Morgan fingerprint density at radius 3 is 2.58 bits per heavy atom. The Morgan fingerprint density at radius 2 is 1.85 bits per heavy atom. The Balaban J connectivity index is 1.68. The summed E-state index contributed by atoms with van der Waals surface area (Å²) in [6, 6.07) is 11.2. The highest BCUT2D eigenvalue weighted by molar-refractivity contribution is 6.04. The van der Waals surface area contributed by atoms with Gasteiger partial charge < -0.3 is 5.32 Å². The van der Waals surface area contributed by atoms with E-state index in [-0.39, 0.29) is 5.69 Å². The van der Waals surface area contributed by atoms with Gasteiger partial charge in [0.1, 0.15) is 0 Å². The Kier molecular flexibility index (Phi) is 4.03. The van der Waals surface area contributed by atoms with Gasteiger partial charge in [0.05, 0.1) is 5.69 Å². The zero-order valence-electron chi connectivity index (χ0n) is 14.2. The second-order valence-corrected chi connectivity index (χ2v) is 6.46. The van der Waals surface area contributed by atoms with Crippen molar-refractivity contribution in [2.45, 2.75) is 26.2 Å². The molecule has 0 bridgehead atoms. The summed E-state index contributed by atoms with van der Waals surface area (Å²) in [5.74, 6) is -2.37. The summed E-state index contributed by atoms with van der Waals surface area (Å²) in [6.45, 7) is 2.01. The molecule has 0 aliphatic heterocycles. The molecular formula is C20H17F2N3O. The number of aromatic nitrogens is 2. The monoisotopic (exact) mass is 353 g/mol. The van der Waals surface area contributed by atoms with E-state index in [9.17, 15) is 13.6 Å². The van der Waals surface area contributed by atoms with Crippen LogP contribution in [0.3, 0.4) is 0 Å². The molecule has 0 fully saturated rings. The van der Waals surface area contributed by atoms with Crippen LogP contribution in [-0.4, -0.2) is 15.7 Å². The maximum absolute atomic E-state index is 13.4. The van der Waals surface area contributed by atoms with E-state index in [0.717, 1.165) is 53.9 Å². The Bertz CT molecular complexity index is 993. The van der Waals surface area contributed by atoms with Gasteiger partial charge >= 0.3 is 0 Å². The number of hydrogen-bond acceptors (Lipinski definition) is 2. The number of fused-ring (bicyclic) bond motifs is 1. The lowest BCUT2D eigenvalue weighted by atomic mass is 10.2. The zero-order valence-corrected chi connectivity index (χ0v) is 14.2. The molecule has 26 heavy (non-hydrogen) atoms. The van der Waals surface area contributed by atoms with Crippen LogP contribution in [0.15, 0.2) is 42.5 Å². The molecule has 0 saturated heterocycles. The van der Waals surface area contributed by atoms with Crippen molar-refractivity contribution in [3.05, 3.63) is 76.6 Å². The molecule has 4 nitrogen and oxygen atoms in total. The molecule has 4 rings (SSSR count). The highest BCUT2D eigenvalue weighted by Gasteiger charge is 2.27. The predicted octanol–water partition coefficient (Wildman–Crippen LogP) is 4.20. The predicted molar refractivity (Wildman–Crippen MR) is 94.6 cm³/mol. The summed E-state index contributed by atoms with van der Waals surface area (Å²) in [7, 11) is 0. The van der Waals surface area contributed by atoms with Gasteiger partial charge in [-0.25, -0.2) is 13.5 Å². The summed E-state index contributed by atoms with van der Waals surface area (Å²) in [4.78, 5) is 12.7. The number of nitrogens with zero attached hydrogens (tertiary/aromatic N) is 2. The maximum atomic E-state index is 13.4. The molecule has 1 aliphatic carbocycles. The number of hydrogen-bond donors (Lipinski definition) is 1. The molecule has 0 atom stereocenters. The summed E-state index contributed by atoms with van der Waals surface area (Å²) in [5.41, 5.74) is 4.54. The number of amides is 1. The molecule has 1 aliphatic rings. The van der Waals surface area contributed by atoms with Gasteiger partial charge in [-0.2, -0.15) is 5.10 Å². The van der Waals surface area contributed by atoms with Crippen LogP contribution in [0, 0.1) is 18.6 Å². The Morgan fingerprint density at radius 1 is 1.08 bits per heavy atom. The summed E-state index contributed by atoms with van der Waals surface area (Å²) in [6.07, 6.45) is 2.60. The van der Waals surface area contributed by atoms with Gasteiger partial charge in [0.15, 0.2) is 17.3 Å². The van der Waals surface area contributed by atoms with Crippen molar-refractivity contribution in [2.24, 2.45) is 0 Å². The van der Waals surface area contributed by atoms with Crippen LogP contribution < -0.4 is 5.32 Å². The van der Waals surface area contributed by atoms with Crippen molar-refractivity contribution >= 4 is 11.6 Å². The molecular weight excluding hydrogens is 336 g/mol. The molecule has 1 aromatic heterocycles. The third-order valence-corrected chi connectivity index (χ3v) is 4.60. The zero-order chi connectivity index (χ0) is 18.3. The van der Waals surface area contributed by atoms with E-state index in [1.54, 1.807) is 0 Å². The number of halogens is 2. The van der Waals surface area contributed by atoms with Crippen LogP contribution in [0.1, 0.15) is 33.7 Å². The van der Waals surface area contributed by atoms with Gasteiger partial charge in [0.25, 0.3) is 5.91 Å². The third kappa shape index (κ3) is 2.87. The fourth-order valence-corrected chi connectivity index (χ4v) is 3.28. The van der Waals surface area contributed by atoms with Crippen molar-refractivity contribution in [3.63, 3.8) is 0 Å². The van der Waals surface area contributed by atoms with Crippen molar-refractivity contribution in [1.82, 2.24) is 9.78 Å². The fraction of sp³-hybridized carbons (Fsp3) is 0.200. The lowest BCUT2D eigenvalue weighted by molar-refractivity contribution is 0.102. The topological polar surface area (TPSA) is 46.9 Å². The van der Waals surface area contributed by atoms with E-state index < -0.39 is 17.5 Å². The molecule has 132 valence electrons. The van der Waals surface area contributed by atoms with Crippen LogP contribution in [0.4, 0.5) is 14.5 Å². The average molecular weight is 353 g/mol. The smallest absolute Gasteiger partial charge is 0.276 e. The molecule has 2 aromatic carbocycles. The molecule has 6 heteroatoms. The second-order valence-electron chi connectivity index (χ2n) is 6.46. The van der Waals surface area contributed by atoms with Gasteiger partial charge in [0, 0.05) is 23.0 Å². The number of rotatable bonds is 3. The second kappa shape index (κ2) is 6.37. The largest absolute Gasteiger partial charge is 0.320 e. The van der Waals surface area contributed by atoms with Gasteiger partial charge in [-0.1, -0.05) is 17.7 Å². The third-order valence-electron chi connectivity index (χ3n) is 4.60. The Hall–Kier alpha value is -3.02. The molecule has 1 N–H and O–H groups in total. The van der Waals surface area contributed by atoms with Crippen molar-refractivity contribution < 1.29 is 13.6 Å². The SMILES string of the molecule is Cc1ccc(-n2nc(C(=O)Nc3ccc(F)c(F)c3)c3c2CCC3)cc1. The van der Waals surface area contributed by atoms with E-state index in [1.165, 1.54) is 6.07 Å². The number of anilines is 1. The van der Waals surface area contributed by atoms with Crippen LogP contribution in [0.25, 0.3) is 5.69 Å². The minimum Gasteiger partial charge on any atom is -0.320 e. The summed E-state index contributed by atoms with van der Waals surface area (Å²) in [5, 5.41) is 7.11. The fourth-order valence-electron chi connectivity index (χ4n) is 3.28. The molecule has 0 saturated carbocycles. The first kappa shape index (κ1) is 16.4.